The number of esters is 1. The quantitative estimate of drug-likeness (QED) is 0.251. The van der Waals surface area contributed by atoms with Crippen LogP contribution in [0.3, 0.4) is 0 Å². The van der Waals surface area contributed by atoms with Crippen LogP contribution in [0.15, 0.2) is 47.6 Å². The first-order valence-corrected chi connectivity index (χ1v) is 13.3. The van der Waals surface area contributed by atoms with Crippen LogP contribution in [-0.2, 0) is 33.8 Å². The maximum Gasteiger partial charge on any atom is 0.338 e. The molecule has 1 aromatic heterocycles. The van der Waals surface area contributed by atoms with Crippen LogP contribution >= 0.6 is 23.4 Å². The summed E-state index contributed by atoms with van der Waals surface area (Å²) in [5, 5.41) is 14.8. The number of benzene rings is 2. The molecule has 2 aromatic carbocycles. The van der Waals surface area contributed by atoms with Crippen molar-refractivity contribution in [1.29, 1.82) is 0 Å². The van der Waals surface area contributed by atoms with Gasteiger partial charge in [0, 0.05) is 6.54 Å². The molecule has 0 saturated heterocycles. The Bertz CT molecular complexity index is 1280. The number of rotatable bonds is 12. The third-order valence-electron chi connectivity index (χ3n) is 5.23. The predicted octanol–water partition coefficient (Wildman–Crippen LogP) is 4.11. The van der Waals surface area contributed by atoms with E-state index in [1.54, 1.807) is 39.2 Å². The number of ether oxygens (including phenoxy) is 2. The summed E-state index contributed by atoms with van der Waals surface area (Å²) in [6.45, 7) is 6.21. The number of hydrogen-bond donors (Lipinski definition) is 2. The number of nitrogens with zero attached hydrogens (tertiary/aromatic N) is 3. The Hall–Kier alpha value is -3.57. The third-order valence-corrected chi connectivity index (χ3v) is 6.52. The van der Waals surface area contributed by atoms with E-state index in [2.05, 4.69) is 20.8 Å². The van der Waals surface area contributed by atoms with Gasteiger partial charge in [-0.25, -0.2) is 4.79 Å². The van der Waals surface area contributed by atoms with Crippen LogP contribution in [0.1, 0.15) is 42.5 Å². The van der Waals surface area contributed by atoms with Gasteiger partial charge in [0.15, 0.2) is 11.0 Å². The fraction of sp³-hybridized carbons (Fsp3) is 0.346. The van der Waals surface area contributed by atoms with Gasteiger partial charge in [0.1, 0.15) is 5.75 Å². The molecule has 0 radical (unpaired) electrons. The summed E-state index contributed by atoms with van der Waals surface area (Å²) >= 11 is 7.41. The summed E-state index contributed by atoms with van der Waals surface area (Å²) in [5.74, 6) is 0.377. The molecule has 2 N–H and O–H groups in total. The highest BCUT2D eigenvalue weighted by Gasteiger charge is 2.16. The molecule has 12 heteroatoms. The minimum Gasteiger partial charge on any atom is -0.497 e. The van der Waals surface area contributed by atoms with E-state index in [0.717, 1.165) is 11.3 Å². The van der Waals surface area contributed by atoms with Gasteiger partial charge in [-0.2, -0.15) is 0 Å². The van der Waals surface area contributed by atoms with E-state index in [0.29, 0.717) is 28.2 Å². The largest absolute Gasteiger partial charge is 0.497 e. The molecule has 202 valence electrons. The molecule has 0 unspecified atom stereocenters. The lowest BCUT2D eigenvalue weighted by molar-refractivity contribution is -0.120. The van der Waals surface area contributed by atoms with Crippen LogP contribution in [-0.4, -0.2) is 51.5 Å². The molecular weight excluding hydrogens is 530 g/mol. The van der Waals surface area contributed by atoms with Crippen molar-refractivity contribution in [3.8, 4) is 5.75 Å². The van der Waals surface area contributed by atoms with Crippen molar-refractivity contribution in [3.05, 3.63) is 64.4 Å². The number of thioether (sulfide) groups is 1. The number of nitrogens with one attached hydrogen (secondary N) is 2. The number of anilines is 1. The maximum atomic E-state index is 12.6. The van der Waals surface area contributed by atoms with E-state index in [1.165, 1.54) is 23.9 Å². The fourth-order valence-corrected chi connectivity index (χ4v) is 4.38. The lowest BCUT2D eigenvalue weighted by atomic mass is 10.1. The van der Waals surface area contributed by atoms with Gasteiger partial charge in [0.2, 0.25) is 11.8 Å². The molecule has 10 nitrogen and oxygen atoms in total. The molecule has 0 atom stereocenters. The van der Waals surface area contributed by atoms with Gasteiger partial charge < -0.3 is 24.7 Å². The molecule has 3 aromatic rings. The predicted molar refractivity (Wildman–Crippen MR) is 146 cm³/mol. The topological polar surface area (TPSA) is 124 Å². The number of carbonyl (C=O) groups excluding carboxylic acids is 3. The number of aromatic nitrogens is 3. The minimum atomic E-state index is -0.499. The Morgan fingerprint density at radius 2 is 1.82 bits per heavy atom. The van der Waals surface area contributed by atoms with Crippen LogP contribution in [0.5, 0.6) is 5.75 Å². The van der Waals surface area contributed by atoms with Gasteiger partial charge in [-0.15, -0.1) is 10.2 Å². The highest BCUT2D eigenvalue weighted by atomic mass is 35.5. The molecule has 38 heavy (non-hydrogen) atoms. The van der Waals surface area contributed by atoms with Gasteiger partial charge >= 0.3 is 5.97 Å². The minimum absolute atomic E-state index is 0.0406. The van der Waals surface area contributed by atoms with Crippen LogP contribution in [0, 0.1) is 0 Å². The standard InChI is InChI=1S/C26H30ClN5O5S/c1-5-32-22(14-28-23(33)12-17-6-9-19(36-4)10-7-17)30-31-26(32)38-15-24(34)29-21-13-18(8-11-20(21)27)25(35)37-16(2)3/h6-11,13,16H,5,12,14-15H2,1-4H3,(H,28,33)(H,29,34). The third kappa shape index (κ3) is 8.22. The monoisotopic (exact) mass is 559 g/mol. The smallest absolute Gasteiger partial charge is 0.338 e. The lowest BCUT2D eigenvalue weighted by Gasteiger charge is -2.11. The number of amides is 2. The van der Waals surface area contributed by atoms with E-state index in [-0.39, 0.29) is 42.2 Å². The van der Waals surface area contributed by atoms with E-state index in [9.17, 15) is 14.4 Å². The first-order chi connectivity index (χ1) is 18.2. The molecule has 0 spiro atoms. The Kier molecular flexibility index (Phi) is 10.5. The Balaban J connectivity index is 1.54. The van der Waals surface area contributed by atoms with Crippen molar-refractivity contribution in [2.24, 2.45) is 0 Å². The highest BCUT2D eigenvalue weighted by Crippen LogP contribution is 2.25. The molecule has 3 rings (SSSR count). The van der Waals surface area contributed by atoms with Crippen molar-refractivity contribution in [2.45, 2.75) is 51.5 Å². The van der Waals surface area contributed by atoms with E-state index < -0.39 is 5.97 Å². The van der Waals surface area contributed by atoms with Crippen LogP contribution in [0.25, 0.3) is 0 Å². The fourth-order valence-electron chi connectivity index (χ4n) is 3.39. The molecule has 2 amide bonds. The number of hydrogen-bond acceptors (Lipinski definition) is 8. The average molecular weight is 560 g/mol. The van der Waals surface area contributed by atoms with Crippen LogP contribution in [0.2, 0.25) is 5.02 Å². The average Bonchev–Trinajstić information content (AvgIpc) is 3.29. The normalized spacial score (nSPS) is 10.8. The van der Waals surface area contributed by atoms with Crippen LogP contribution < -0.4 is 15.4 Å². The summed E-state index contributed by atoms with van der Waals surface area (Å²) in [4.78, 5) is 37.2. The van der Waals surface area contributed by atoms with Crippen LogP contribution in [0.4, 0.5) is 5.69 Å². The summed E-state index contributed by atoms with van der Waals surface area (Å²) < 4.78 is 12.2. The maximum absolute atomic E-state index is 12.6. The molecule has 0 aliphatic rings. The number of carbonyl (C=O) groups is 3. The van der Waals surface area contributed by atoms with Gasteiger partial charge in [-0.3, -0.25) is 9.59 Å². The van der Waals surface area contributed by atoms with Gasteiger partial charge in [0.25, 0.3) is 0 Å². The van der Waals surface area contributed by atoms with Crippen molar-refractivity contribution in [1.82, 2.24) is 20.1 Å². The van der Waals surface area contributed by atoms with Crippen molar-refractivity contribution in [2.75, 3.05) is 18.2 Å². The summed E-state index contributed by atoms with van der Waals surface area (Å²) in [6.07, 6.45) is -0.0411. The Labute approximate surface area is 230 Å². The second kappa shape index (κ2) is 13.8. The molecule has 0 bridgehead atoms. The first-order valence-electron chi connectivity index (χ1n) is 11.9. The number of halogens is 1. The van der Waals surface area contributed by atoms with Crippen molar-refractivity contribution >= 4 is 46.8 Å². The summed E-state index contributed by atoms with van der Waals surface area (Å²) in [5.41, 5.74) is 1.47. The molecule has 0 fully saturated rings. The summed E-state index contributed by atoms with van der Waals surface area (Å²) in [7, 11) is 1.59. The highest BCUT2D eigenvalue weighted by molar-refractivity contribution is 7.99. The molecule has 0 aliphatic carbocycles. The molecule has 0 saturated carbocycles. The molecule has 0 aliphatic heterocycles. The Morgan fingerprint density at radius 3 is 2.47 bits per heavy atom. The zero-order chi connectivity index (χ0) is 27.7. The number of methoxy groups -OCH3 is 1. The molecular formula is C26H30ClN5O5S. The van der Waals surface area contributed by atoms with Gasteiger partial charge in [-0.1, -0.05) is 35.5 Å². The lowest BCUT2D eigenvalue weighted by Crippen LogP contribution is -2.26. The zero-order valence-corrected chi connectivity index (χ0v) is 23.2. The Morgan fingerprint density at radius 1 is 1.08 bits per heavy atom. The second-order valence-electron chi connectivity index (χ2n) is 8.43. The van der Waals surface area contributed by atoms with Gasteiger partial charge in [-0.05, 0) is 56.7 Å². The first kappa shape index (κ1) is 29.0. The van der Waals surface area contributed by atoms with E-state index in [4.69, 9.17) is 21.1 Å². The SMILES string of the molecule is CCn1c(CNC(=O)Cc2ccc(OC)cc2)nnc1SCC(=O)Nc1cc(C(=O)OC(C)C)ccc1Cl. The zero-order valence-electron chi connectivity index (χ0n) is 21.6. The summed E-state index contributed by atoms with van der Waals surface area (Å²) in [6, 6.07) is 11.9. The van der Waals surface area contributed by atoms with E-state index >= 15 is 0 Å². The van der Waals surface area contributed by atoms with Crippen molar-refractivity contribution < 1.29 is 23.9 Å². The second-order valence-corrected chi connectivity index (χ2v) is 9.78. The van der Waals surface area contributed by atoms with Gasteiger partial charge in [0.05, 0.1) is 48.2 Å². The van der Waals surface area contributed by atoms with E-state index in [1.807, 2.05) is 23.6 Å². The van der Waals surface area contributed by atoms with Crippen molar-refractivity contribution in [3.63, 3.8) is 0 Å². The molecule has 1 heterocycles.